The molecule has 0 aliphatic rings. The first kappa shape index (κ1) is 18.4. The van der Waals surface area contributed by atoms with Gasteiger partial charge in [0.25, 0.3) is 0 Å². The normalized spacial score (nSPS) is 11.8. The molecule has 1 amide bonds. The number of anilines is 1. The minimum Gasteiger partial charge on any atom is -0.435 e. The minimum atomic E-state index is -4.59. The molecular weight excluding hydrogens is 345 g/mol. The number of ether oxygens (including phenoxy) is 1. The molecule has 2 rings (SSSR count). The van der Waals surface area contributed by atoms with Gasteiger partial charge in [0.15, 0.2) is 0 Å². The van der Waals surface area contributed by atoms with Crippen molar-refractivity contribution in [2.24, 2.45) is 0 Å². The highest BCUT2D eigenvalue weighted by Gasteiger charge is 2.33. The number of halogens is 5. The molecule has 0 saturated carbocycles. The standard InChI is InChI=1S/C17H12F5NO2/c18-16(19)25-12-8-5-11(6-9-12)7-10-15(24)23-14-4-2-1-3-13(14)17(20,21)22/h1-10,16H,(H,23,24). The summed E-state index contributed by atoms with van der Waals surface area (Å²) in [4.78, 5) is 11.8. The maximum atomic E-state index is 12.8. The molecule has 0 bridgehead atoms. The Hall–Kier alpha value is -2.90. The number of para-hydroxylation sites is 1. The van der Waals surface area contributed by atoms with E-state index in [1.807, 2.05) is 0 Å². The molecule has 0 heterocycles. The van der Waals surface area contributed by atoms with Crippen molar-refractivity contribution < 1.29 is 31.5 Å². The smallest absolute Gasteiger partial charge is 0.418 e. The third-order valence-electron chi connectivity index (χ3n) is 3.02. The zero-order valence-electron chi connectivity index (χ0n) is 12.6. The lowest BCUT2D eigenvalue weighted by Crippen LogP contribution is -2.14. The number of alkyl halides is 5. The summed E-state index contributed by atoms with van der Waals surface area (Å²) in [6, 6.07) is 10.0. The maximum Gasteiger partial charge on any atom is 0.418 e. The van der Waals surface area contributed by atoms with Crippen LogP contribution in [0.15, 0.2) is 54.6 Å². The summed E-state index contributed by atoms with van der Waals surface area (Å²) in [6.45, 7) is -2.94. The van der Waals surface area contributed by atoms with Gasteiger partial charge in [-0.05, 0) is 35.9 Å². The molecule has 0 fully saturated rings. The molecule has 2 aromatic carbocycles. The van der Waals surface area contributed by atoms with Crippen LogP contribution in [-0.4, -0.2) is 12.5 Å². The van der Waals surface area contributed by atoms with E-state index in [1.54, 1.807) is 0 Å². The van der Waals surface area contributed by atoms with Crippen LogP contribution in [0.2, 0.25) is 0 Å². The molecule has 0 aliphatic heterocycles. The Bertz CT molecular complexity index is 754. The van der Waals surface area contributed by atoms with Gasteiger partial charge in [-0.3, -0.25) is 4.79 Å². The zero-order valence-corrected chi connectivity index (χ0v) is 12.6. The zero-order chi connectivity index (χ0) is 18.4. The first-order valence-corrected chi connectivity index (χ1v) is 6.96. The largest absolute Gasteiger partial charge is 0.435 e. The molecule has 0 spiro atoms. The highest BCUT2D eigenvalue weighted by Crippen LogP contribution is 2.34. The van der Waals surface area contributed by atoms with Crippen molar-refractivity contribution in [1.29, 1.82) is 0 Å². The van der Waals surface area contributed by atoms with Crippen LogP contribution in [0.4, 0.5) is 27.6 Å². The number of hydrogen-bond acceptors (Lipinski definition) is 2. The molecule has 132 valence electrons. The Kier molecular flexibility index (Phi) is 5.74. The van der Waals surface area contributed by atoms with E-state index in [0.717, 1.165) is 18.2 Å². The quantitative estimate of drug-likeness (QED) is 0.607. The third-order valence-corrected chi connectivity index (χ3v) is 3.02. The second kappa shape index (κ2) is 7.78. The van der Waals surface area contributed by atoms with E-state index in [0.29, 0.717) is 5.56 Å². The highest BCUT2D eigenvalue weighted by atomic mass is 19.4. The summed E-state index contributed by atoms with van der Waals surface area (Å²) in [5.74, 6) is -0.805. The molecule has 0 aliphatic carbocycles. The summed E-state index contributed by atoms with van der Waals surface area (Å²) in [5.41, 5.74) is -0.823. The number of rotatable bonds is 5. The molecule has 3 nitrogen and oxygen atoms in total. The highest BCUT2D eigenvalue weighted by molar-refractivity contribution is 6.02. The molecule has 0 aromatic heterocycles. The van der Waals surface area contributed by atoms with Crippen molar-refractivity contribution in [2.45, 2.75) is 12.8 Å². The predicted octanol–water partition coefficient (Wildman–Crippen LogP) is 4.96. The van der Waals surface area contributed by atoms with E-state index >= 15 is 0 Å². The number of hydrogen-bond donors (Lipinski definition) is 1. The third kappa shape index (κ3) is 5.59. The Morgan fingerprint density at radius 2 is 1.68 bits per heavy atom. The number of carbonyl (C=O) groups excluding carboxylic acids is 1. The minimum absolute atomic E-state index is 0.0456. The summed E-state index contributed by atoms with van der Waals surface area (Å²) in [5, 5.41) is 2.16. The number of amides is 1. The Labute approximate surface area is 139 Å². The Morgan fingerprint density at radius 1 is 1.04 bits per heavy atom. The lowest BCUT2D eigenvalue weighted by atomic mass is 10.1. The van der Waals surface area contributed by atoms with Gasteiger partial charge in [-0.15, -0.1) is 0 Å². The molecule has 0 radical (unpaired) electrons. The number of carbonyl (C=O) groups is 1. The van der Waals surface area contributed by atoms with Crippen molar-refractivity contribution in [1.82, 2.24) is 0 Å². The van der Waals surface area contributed by atoms with E-state index in [4.69, 9.17) is 0 Å². The number of benzene rings is 2. The van der Waals surface area contributed by atoms with Gasteiger partial charge in [-0.25, -0.2) is 0 Å². The number of nitrogens with one attached hydrogen (secondary N) is 1. The van der Waals surface area contributed by atoms with E-state index < -0.39 is 24.3 Å². The first-order valence-electron chi connectivity index (χ1n) is 6.96. The van der Waals surface area contributed by atoms with Crippen LogP contribution >= 0.6 is 0 Å². The lowest BCUT2D eigenvalue weighted by molar-refractivity contribution is -0.137. The van der Waals surface area contributed by atoms with Crippen molar-refractivity contribution >= 4 is 17.7 Å². The van der Waals surface area contributed by atoms with Crippen molar-refractivity contribution in [3.63, 3.8) is 0 Å². The maximum absolute atomic E-state index is 12.8. The molecule has 2 aromatic rings. The van der Waals surface area contributed by atoms with Crippen LogP contribution in [0.25, 0.3) is 6.08 Å². The summed E-state index contributed by atoms with van der Waals surface area (Å²) in [7, 11) is 0. The van der Waals surface area contributed by atoms with Gasteiger partial charge in [0, 0.05) is 6.08 Å². The van der Waals surface area contributed by atoms with Gasteiger partial charge in [0.05, 0.1) is 11.3 Å². The van der Waals surface area contributed by atoms with E-state index in [2.05, 4.69) is 10.1 Å². The van der Waals surface area contributed by atoms with E-state index in [1.165, 1.54) is 42.5 Å². The molecule has 8 heteroatoms. The Balaban J connectivity index is 2.04. The van der Waals surface area contributed by atoms with E-state index in [-0.39, 0.29) is 11.4 Å². The predicted molar refractivity (Wildman–Crippen MR) is 82.2 cm³/mol. The van der Waals surface area contributed by atoms with Crippen molar-refractivity contribution in [2.75, 3.05) is 5.32 Å². The Morgan fingerprint density at radius 3 is 2.28 bits per heavy atom. The van der Waals surface area contributed by atoms with Crippen LogP contribution in [0, 0.1) is 0 Å². The van der Waals surface area contributed by atoms with Gasteiger partial charge in [0.2, 0.25) is 5.91 Å². The summed E-state index contributed by atoms with van der Waals surface area (Å²) < 4.78 is 66.8. The van der Waals surface area contributed by atoms with Crippen LogP contribution in [-0.2, 0) is 11.0 Å². The van der Waals surface area contributed by atoms with Crippen molar-refractivity contribution in [3.8, 4) is 5.75 Å². The fourth-order valence-electron chi connectivity index (χ4n) is 1.95. The SMILES string of the molecule is O=C(C=Cc1ccc(OC(F)F)cc1)Nc1ccccc1C(F)(F)F. The van der Waals surface area contributed by atoms with Gasteiger partial charge in [-0.1, -0.05) is 24.3 Å². The van der Waals surface area contributed by atoms with Crippen LogP contribution in [0.5, 0.6) is 5.75 Å². The average Bonchev–Trinajstić information content (AvgIpc) is 2.53. The molecular formula is C17H12F5NO2. The van der Waals surface area contributed by atoms with E-state index in [9.17, 15) is 26.7 Å². The monoisotopic (exact) mass is 357 g/mol. The topological polar surface area (TPSA) is 38.3 Å². The van der Waals surface area contributed by atoms with Gasteiger partial charge in [-0.2, -0.15) is 22.0 Å². The van der Waals surface area contributed by atoms with Gasteiger partial charge in [0.1, 0.15) is 5.75 Å². The second-order valence-electron chi connectivity index (χ2n) is 4.81. The molecule has 0 saturated heterocycles. The summed E-state index contributed by atoms with van der Waals surface area (Å²) >= 11 is 0. The van der Waals surface area contributed by atoms with Crippen LogP contribution in [0.3, 0.4) is 0 Å². The van der Waals surface area contributed by atoms with Gasteiger partial charge >= 0.3 is 12.8 Å². The molecule has 1 N–H and O–H groups in total. The first-order chi connectivity index (χ1) is 11.8. The van der Waals surface area contributed by atoms with Gasteiger partial charge < -0.3 is 10.1 Å². The fraction of sp³-hybridized carbons (Fsp3) is 0.118. The average molecular weight is 357 g/mol. The second-order valence-corrected chi connectivity index (χ2v) is 4.81. The van der Waals surface area contributed by atoms with Crippen LogP contribution in [0.1, 0.15) is 11.1 Å². The summed E-state index contributed by atoms with van der Waals surface area (Å²) in [6.07, 6.45) is -2.22. The van der Waals surface area contributed by atoms with Crippen LogP contribution < -0.4 is 10.1 Å². The molecule has 25 heavy (non-hydrogen) atoms. The molecule has 0 atom stereocenters. The fourth-order valence-corrected chi connectivity index (χ4v) is 1.95. The van der Waals surface area contributed by atoms with Crippen molar-refractivity contribution in [3.05, 3.63) is 65.7 Å². The molecule has 0 unspecified atom stereocenters. The lowest BCUT2D eigenvalue weighted by Gasteiger charge is -2.12.